The van der Waals surface area contributed by atoms with Crippen LogP contribution in [0.2, 0.25) is 0 Å². The maximum Gasteiger partial charge on any atom is 0.244 e. The summed E-state index contributed by atoms with van der Waals surface area (Å²) < 4.78 is 26.6. The predicted molar refractivity (Wildman–Crippen MR) is 123 cm³/mol. The van der Waals surface area contributed by atoms with E-state index in [0.717, 1.165) is 21.3 Å². The third-order valence-electron chi connectivity index (χ3n) is 4.92. The third kappa shape index (κ3) is 4.50. The Balaban J connectivity index is 1.74. The van der Waals surface area contributed by atoms with Gasteiger partial charge in [-0.25, -0.2) is 13.4 Å². The molecule has 0 saturated heterocycles. The molecule has 0 spiro atoms. The predicted octanol–water partition coefficient (Wildman–Crippen LogP) is 4.32. The van der Waals surface area contributed by atoms with Gasteiger partial charge < -0.3 is 0 Å². The van der Waals surface area contributed by atoms with E-state index in [0.29, 0.717) is 10.8 Å². The van der Waals surface area contributed by atoms with E-state index in [2.05, 4.69) is 4.98 Å². The Kier molecular flexibility index (Phi) is 5.84. The maximum absolute atomic E-state index is 13.3. The van der Waals surface area contributed by atoms with Gasteiger partial charge in [0.2, 0.25) is 5.91 Å². The number of nitrogens with zero attached hydrogens (tertiary/aromatic N) is 3. The monoisotopic (exact) mass is 451 g/mol. The van der Waals surface area contributed by atoms with Crippen LogP contribution < -0.4 is 4.90 Å². The molecule has 0 N–H and O–H groups in total. The molecule has 0 aliphatic rings. The van der Waals surface area contributed by atoms with E-state index in [1.807, 2.05) is 32.0 Å². The van der Waals surface area contributed by atoms with Crippen molar-refractivity contribution in [3.05, 3.63) is 83.7 Å². The molecule has 0 atom stereocenters. The molecule has 0 aliphatic heterocycles. The zero-order valence-corrected chi connectivity index (χ0v) is 18.8. The van der Waals surface area contributed by atoms with E-state index >= 15 is 0 Å². The van der Waals surface area contributed by atoms with Gasteiger partial charge in [0.05, 0.1) is 27.4 Å². The summed E-state index contributed by atoms with van der Waals surface area (Å²) in [5, 5.41) is 0.464. The van der Waals surface area contributed by atoms with Crippen LogP contribution in [0, 0.1) is 13.8 Å². The number of benzene rings is 2. The fourth-order valence-electron chi connectivity index (χ4n) is 3.23. The summed E-state index contributed by atoms with van der Waals surface area (Å²) in [7, 11) is -3.79. The molecule has 0 fully saturated rings. The molecular weight excluding hydrogens is 430 g/mol. The van der Waals surface area contributed by atoms with Gasteiger partial charge in [-0.3, -0.25) is 14.7 Å². The molecule has 2 aromatic carbocycles. The number of fused-ring (bicyclic) bond motifs is 1. The van der Waals surface area contributed by atoms with Crippen LogP contribution in [-0.4, -0.2) is 30.0 Å². The zero-order valence-electron chi connectivity index (χ0n) is 17.1. The summed E-state index contributed by atoms with van der Waals surface area (Å²) in [5.74, 6) is -1.18. The number of carbonyl (C=O) groups excluding carboxylic acids is 1. The van der Waals surface area contributed by atoms with Crippen LogP contribution in [0.3, 0.4) is 0 Å². The molecular formula is C23H21N3O3S2. The van der Waals surface area contributed by atoms with Crippen LogP contribution in [0.25, 0.3) is 10.2 Å². The minimum atomic E-state index is -3.79. The van der Waals surface area contributed by atoms with Crippen LogP contribution in [0.4, 0.5) is 5.13 Å². The summed E-state index contributed by atoms with van der Waals surface area (Å²) in [5.41, 5.74) is 3.54. The fourth-order valence-corrected chi connectivity index (χ4v) is 5.58. The molecule has 0 bridgehead atoms. The van der Waals surface area contributed by atoms with Gasteiger partial charge in [-0.1, -0.05) is 47.7 Å². The summed E-state index contributed by atoms with van der Waals surface area (Å²) >= 11 is 1.39. The quantitative estimate of drug-likeness (QED) is 0.436. The second-order valence-electron chi connectivity index (χ2n) is 7.25. The first kappa shape index (κ1) is 21.1. The topological polar surface area (TPSA) is 80.2 Å². The Hall–Kier alpha value is -3.10. The Morgan fingerprint density at radius 2 is 1.68 bits per heavy atom. The Morgan fingerprint density at radius 1 is 0.968 bits per heavy atom. The lowest BCUT2D eigenvalue weighted by molar-refractivity contribution is -0.116. The summed E-state index contributed by atoms with van der Waals surface area (Å²) in [6.45, 7) is 4.10. The number of carbonyl (C=O) groups is 1. The highest BCUT2D eigenvalue weighted by molar-refractivity contribution is 7.92. The van der Waals surface area contributed by atoms with Crippen molar-refractivity contribution in [3.63, 3.8) is 0 Å². The highest BCUT2D eigenvalue weighted by Gasteiger charge is 2.27. The molecule has 158 valence electrons. The second kappa shape index (κ2) is 8.56. The SMILES string of the molecule is Cc1ccc(C)c2sc(N(Cc3ccccn3)C(=O)CS(=O)(=O)c3ccccc3)nc12. The zero-order chi connectivity index (χ0) is 22.0. The molecule has 8 heteroatoms. The van der Waals surface area contributed by atoms with Gasteiger partial charge in [-0.05, 0) is 49.2 Å². The average molecular weight is 452 g/mol. The summed E-state index contributed by atoms with van der Waals surface area (Å²) in [6, 6.07) is 17.4. The number of anilines is 1. The van der Waals surface area contributed by atoms with Gasteiger partial charge in [0, 0.05) is 6.20 Å². The second-order valence-corrected chi connectivity index (χ2v) is 10.2. The lowest BCUT2D eigenvalue weighted by atomic mass is 10.1. The maximum atomic E-state index is 13.3. The van der Waals surface area contributed by atoms with E-state index < -0.39 is 21.5 Å². The lowest BCUT2D eigenvalue weighted by Crippen LogP contribution is -2.35. The Bertz CT molecular complexity index is 1300. The number of pyridine rings is 1. The first-order valence-corrected chi connectivity index (χ1v) is 12.2. The van der Waals surface area contributed by atoms with Crippen LogP contribution >= 0.6 is 11.3 Å². The fraction of sp³-hybridized carbons (Fsp3) is 0.174. The normalized spacial score (nSPS) is 11.5. The van der Waals surface area contributed by atoms with E-state index in [4.69, 9.17) is 4.98 Å². The van der Waals surface area contributed by atoms with Crippen molar-refractivity contribution in [2.75, 3.05) is 10.7 Å². The van der Waals surface area contributed by atoms with Gasteiger partial charge in [0.25, 0.3) is 0 Å². The first-order valence-electron chi connectivity index (χ1n) is 9.70. The average Bonchev–Trinajstić information content (AvgIpc) is 3.22. The Labute approximate surface area is 185 Å². The number of aryl methyl sites for hydroxylation is 2. The molecule has 6 nitrogen and oxygen atoms in total. The Morgan fingerprint density at radius 3 is 2.35 bits per heavy atom. The van der Waals surface area contributed by atoms with Crippen molar-refractivity contribution < 1.29 is 13.2 Å². The number of hydrogen-bond acceptors (Lipinski definition) is 6. The largest absolute Gasteiger partial charge is 0.281 e. The number of amides is 1. The van der Waals surface area contributed by atoms with Crippen molar-refractivity contribution in [1.29, 1.82) is 0 Å². The van der Waals surface area contributed by atoms with Gasteiger partial charge in [0.1, 0.15) is 5.75 Å². The first-order chi connectivity index (χ1) is 14.8. The van der Waals surface area contributed by atoms with E-state index in [-0.39, 0.29) is 11.4 Å². The highest BCUT2D eigenvalue weighted by atomic mass is 32.2. The summed E-state index contributed by atoms with van der Waals surface area (Å²) in [6.07, 6.45) is 1.64. The van der Waals surface area contributed by atoms with Crippen molar-refractivity contribution in [1.82, 2.24) is 9.97 Å². The van der Waals surface area contributed by atoms with Crippen LogP contribution in [0.15, 0.2) is 71.8 Å². The van der Waals surface area contributed by atoms with E-state index in [9.17, 15) is 13.2 Å². The summed E-state index contributed by atoms with van der Waals surface area (Å²) in [4.78, 5) is 23.8. The van der Waals surface area contributed by atoms with E-state index in [1.54, 1.807) is 36.5 Å². The van der Waals surface area contributed by atoms with Crippen LogP contribution in [0.5, 0.6) is 0 Å². The molecule has 1 amide bonds. The van der Waals surface area contributed by atoms with Crippen LogP contribution in [0.1, 0.15) is 16.8 Å². The van der Waals surface area contributed by atoms with Crippen molar-refractivity contribution in [3.8, 4) is 0 Å². The van der Waals surface area contributed by atoms with Crippen molar-refractivity contribution >= 4 is 42.4 Å². The molecule has 0 radical (unpaired) electrons. The van der Waals surface area contributed by atoms with Crippen molar-refractivity contribution in [2.45, 2.75) is 25.3 Å². The van der Waals surface area contributed by atoms with Crippen LogP contribution in [-0.2, 0) is 21.2 Å². The van der Waals surface area contributed by atoms with Crippen molar-refractivity contribution in [2.24, 2.45) is 0 Å². The van der Waals surface area contributed by atoms with Gasteiger partial charge in [-0.15, -0.1) is 0 Å². The highest BCUT2D eigenvalue weighted by Crippen LogP contribution is 2.34. The molecule has 4 aromatic rings. The number of thiazole rings is 1. The number of aromatic nitrogens is 2. The number of sulfone groups is 1. The molecule has 2 heterocycles. The van der Waals surface area contributed by atoms with Gasteiger partial charge in [0.15, 0.2) is 15.0 Å². The molecule has 2 aromatic heterocycles. The minimum absolute atomic E-state index is 0.122. The minimum Gasteiger partial charge on any atom is -0.281 e. The third-order valence-corrected chi connectivity index (χ3v) is 7.76. The van der Waals surface area contributed by atoms with Gasteiger partial charge in [-0.2, -0.15) is 0 Å². The standard InChI is InChI=1S/C23H21N3O3S2/c1-16-11-12-17(2)22-21(16)25-23(30-22)26(14-18-8-6-7-13-24-18)20(27)15-31(28,29)19-9-4-3-5-10-19/h3-13H,14-15H2,1-2H3. The smallest absolute Gasteiger partial charge is 0.244 e. The number of hydrogen-bond donors (Lipinski definition) is 0. The molecule has 0 aliphatic carbocycles. The molecule has 0 unspecified atom stereocenters. The number of rotatable bonds is 6. The molecule has 4 rings (SSSR count). The molecule has 31 heavy (non-hydrogen) atoms. The molecule has 0 saturated carbocycles. The van der Waals surface area contributed by atoms with Gasteiger partial charge >= 0.3 is 0 Å². The van der Waals surface area contributed by atoms with E-state index in [1.165, 1.54) is 28.4 Å². The lowest BCUT2D eigenvalue weighted by Gasteiger charge is -2.19.